The number of phenols is 1. The van der Waals surface area contributed by atoms with Gasteiger partial charge in [0.05, 0.1) is 11.2 Å². The van der Waals surface area contributed by atoms with Gasteiger partial charge in [0.2, 0.25) is 6.43 Å². The first-order chi connectivity index (χ1) is 9.12. The largest absolute Gasteiger partial charge is 0.508 e. The van der Waals surface area contributed by atoms with E-state index >= 15 is 0 Å². The van der Waals surface area contributed by atoms with Crippen LogP contribution in [0.1, 0.15) is 33.3 Å². The molecule has 0 aromatic heterocycles. The van der Waals surface area contributed by atoms with Crippen LogP contribution in [0.25, 0.3) is 0 Å². The molecule has 0 amide bonds. The molecule has 0 saturated carbocycles. The topological polar surface area (TPSA) is 38.7 Å². The molecule has 0 radical (unpaired) electrons. The predicted molar refractivity (Wildman–Crippen MR) is 73.5 cm³/mol. The minimum Gasteiger partial charge on any atom is -0.508 e. The van der Waals surface area contributed by atoms with Crippen LogP contribution >= 0.6 is 0 Å². The van der Waals surface area contributed by atoms with Gasteiger partial charge in [0.25, 0.3) is 0 Å². The number of rotatable bonds is 3. The number of alkyl halides is 2. The predicted octanol–water partition coefficient (Wildman–Crippen LogP) is 2.50. The Kier molecular flexibility index (Phi) is 3.82. The van der Waals surface area contributed by atoms with Gasteiger partial charge in [0, 0.05) is 6.42 Å². The fourth-order valence-corrected chi connectivity index (χ4v) is 2.12. The summed E-state index contributed by atoms with van der Waals surface area (Å²) in [5, 5.41) is 9.59. The van der Waals surface area contributed by atoms with E-state index in [-0.39, 0.29) is 12.2 Å². The molecule has 1 aliphatic heterocycles. The first kappa shape index (κ1) is 15.3. The van der Waals surface area contributed by atoms with Crippen LogP contribution in [0.5, 0.6) is 5.75 Å². The molecule has 20 heavy (non-hydrogen) atoms. The SMILES string of the molecule is CC1(C)OB(c2cc(O)ccc2CC(F)F)OC1(C)C. The molecule has 1 aliphatic rings. The monoisotopic (exact) mass is 284 g/mol. The van der Waals surface area contributed by atoms with Gasteiger partial charge in [-0.25, -0.2) is 8.78 Å². The molecule has 0 unspecified atom stereocenters. The molecular formula is C14H19BF2O3. The van der Waals surface area contributed by atoms with Gasteiger partial charge in [0.15, 0.2) is 0 Å². The Morgan fingerprint density at radius 3 is 2.20 bits per heavy atom. The second-order valence-electron chi connectivity index (χ2n) is 6.07. The van der Waals surface area contributed by atoms with Gasteiger partial charge in [-0.2, -0.15) is 0 Å². The van der Waals surface area contributed by atoms with Crippen LogP contribution in [0.4, 0.5) is 8.78 Å². The highest BCUT2D eigenvalue weighted by molar-refractivity contribution is 6.62. The minimum atomic E-state index is -2.46. The van der Waals surface area contributed by atoms with Crippen LogP contribution < -0.4 is 5.46 Å². The van der Waals surface area contributed by atoms with Crippen molar-refractivity contribution in [2.24, 2.45) is 0 Å². The van der Waals surface area contributed by atoms with E-state index in [1.807, 2.05) is 27.7 Å². The maximum atomic E-state index is 12.6. The third-order valence-corrected chi connectivity index (χ3v) is 4.01. The standard InChI is InChI=1S/C14H19BF2O3/c1-13(2)14(3,4)20-15(19-13)11-8-10(18)6-5-9(11)7-12(16)17/h5-6,8,12,18H,7H2,1-4H3. The van der Waals surface area contributed by atoms with Crippen LogP contribution in [-0.2, 0) is 15.7 Å². The molecule has 1 fully saturated rings. The number of phenolic OH excluding ortho intramolecular Hbond substituents is 1. The van der Waals surface area contributed by atoms with Crippen molar-refractivity contribution in [2.45, 2.75) is 51.7 Å². The summed E-state index contributed by atoms with van der Waals surface area (Å²) >= 11 is 0. The van der Waals surface area contributed by atoms with E-state index in [9.17, 15) is 13.9 Å². The summed E-state index contributed by atoms with van der Waals surface area (Å²) in [6.45, 7) is 7.57. The quantitative estimate of drug-likeness (QED) is 0.867. The zero-order valence-electron chi connectivity index (χ0n) is 12.1. The van der Waals surface area contributed by atoms with Crippen molar-refractivity contribution in [3.63, 3.8) is 0 Å². The highest BCUT2D eigenvalue weighted by atomic mass is 19.3. The highest BCUT2D eigenvalue weighted by Gasteiger charge is 2.52. The first-order valence-electron chi connectivity index (χ1n) is 6.58. The smallest absolute Gasteiger partial charge is 0.495 e. The van der Waals surface area contributed by atoms with Gasteiger partial charge < -0.3 is 14.4 Å². The Morgan fingerprint density at radius 2 is 1.70 bits per heavy atom. The summed E-state index contributed by atoms with van der Waals surface area (Å²) in [7, 11) is -0.749. The minimum absolute atomic E-state index is 0.00716. The van der Waals surface area contributed by atoms with Gasteiger partial charge in [0.1, 0.15) is 5.75 Å². The van der Waals surface area contributed by atoms with E-state index in [2.05, 4.69) is 0 Å². The number of hydrogen-bond acceptors (Lipinski definition) is 3. The molecule has 6 heteroatoms. The molecule has 0 aliphatic carbocycles. The third kappa shape index (κ3) is 2.81. The van der Waals surface area contributed by atoms with Crippen molar-refractivity contribution in [3.05, 3.63) is 23.8 Å². The van der Waals surface area contributed by atoms with E-state index in [0.29, 0.717) is 11.0 Å². The lowest BCUT2D eigenvalue weighted by Gasteiger charge is -2.32. The lowest BCUT2D eigenvalue weighted by Crippen LogP contribution is -2.41. The van der Waals surface area contributed by atoms with Gasteiger partial charge >= 0.3 is 7.12 Å². The average Bonchev–Trinajstić information content (AvgIpc) is 2.50. The Balaban J connectivity index is 2.36. The van der Waals surface area contributed by atoms with Gasteiger partial charge in [-0.3, -0.25) is 0 Å². The number of hydrogen-bond donors (Lipinski definition) is 1. The van der Waals surface area contributed by atoms with E-state index in [1.165, 1.54) is 18.2 Å². The molecule has 1 N–H and O–H groups in total. The normalized spacial score (nSPS) is 20.6. The summed E-state index contributed by atoms with van der Waals surface area (Å²) in [4.78, 5) is 0. The first-order valence-corrected chi connectivity index (χ1v) is 6.58. The second-order valence-corrected chi connectivity index (χ2v) is 6.07. The van der Waals surface area contributed by atoms with Crippen molar-refractivity contribution in [3.8, 4) is 5.75 Å². The average molecular weight is 284 g/mol. The van der Waals surface area contributed by atoms with Crippen molar-refractivity contribution < 1.29 is 23.2 Å². The second kappa shape index (κ2) is 5.00. The van der Waals surface area contributed by atoms with E-state index in [0.717, 1.165) is 0 Å². The van der Waals surface area contributed by atoms with E-state index in [1.54, 1.807) is 0 Å². The fraction of sp³-hybridized carbons (Fsp3) is 0.571. The molecule has 1 heterocycles. The van der Waals surface area contributed by atoms with Crippen LogP contribution in [0.2, 0.25) is 0 Å². The number of aromatic hydroxyl groups is 1. The molecule has 0 spiro atoms. The molecule has 2 rings (SSSR count). The van der Waals surface area contributed by atoms with Gasteiger partial charge in [-0.05, 0) is 50.9 Å². The summed E-state index contributed by atoms with van der Waals surface area (Å²) in [5.41, 5.74) is -0.212. The highest BCUT2D eigenvalue weighted by Crippen LogP contribution is 2.37. The Labute approximate surface area is 118 Å². The van der Waals surface area contributed by atoms with Crippen LogP contribution in [-0.4, -0.2) is 29.9 Å². The Bertz CT molecular complexity index is 487. The Hall–Kier alpha value is -1.14. The summed E-state index contributed by atoms with van der Waals surface area (Å²) in [6.07, 6.45) is -2.85. The maximum absolute atomic E-state index is 12.6. The van der Waals surface area contributed by atoms with E-state index < -0.39 is 24.7 Å². The molecule has 1 aromatic carbocycles. The van der Waals surface area contributed by atoms with Gasteiger partial charge in [-0.1, -0.05) is 6.07 Å². The van der Waals surface area contributed by atoms with Crippen LogP contribution in [0.15, 0.2) is 18.2 Å². The molecule has 1 saturated heterocycles. The molecule has 3 nitrogen and oxygen atoms in total. The Morgan fingerprint density at radius 1 is 1.15 bits per heavy atom. The van der Waals surface area contributed by atoms with Crippen molar-refractivity contribution in [1.82, 2.24) is 0 Å². The fourth-order valence-electron chi connectivity index (χ4n) is 2.12. The summed E-state index contributed by atoms with van der Waals surface area (Å²) < 4.78 is 37.0. The number of halogens is 2. The van der Waals surface area contributed by atoms with Gasteiger partial charge in [-0.15, -0.1) is 0 Å². The lowest BCUT2D eigenvalue weighted by atomic mass is 9.75. The molecule has 1 aromatic rings. The van der Waals surface area contributed by atoms with Crippen LogP contribution in [0, 0.1) is 0 Å². The van der Waals surface area contributed by atoms with Crippen LogP contribution in [0.3, 0.4) is 0 Å². The zero-order chi connectivity index (χ0) is 15.1. The zero-order valence-corrected chi connectivity index (χ0v) is 12.1. The molecule has 0 bridgehead atoms. The number of benzene rings is 1. The van der Waals surface area contributed by atoms with Crippen molar-refractivity contribution >= 4 is 12.6 Å². The third-order valence-electron chi connectivity index (χ3n) is 4.01. The summed E-state index contributed by atoms with van der Waals surface area (Å²) in [6, 6.07) is 4.31. The van der Waals surface area contributed by atoms with Crippen molar-refractivity contribution in [1.29, 1.82) is 0 Å². The molecule has 0 atom stereocenters. The molecular weight excluding hydrogens is 265 g/mol. The maximum Gasteiger partial charge on any atom is 0.495 e. The lowest BCUT2D eigenvalue weighted by molar-refractivity contribution is 0.00578. The molecule has 110 valence electrons. The van der Waals surface area contributed by atoms with E-state index in [4.69, 9.17) is 9.31 Å². The summed E-state index contributed by atoms with van der Waals surface area (Å²) in [5.74, 6) is 0.00716. The van der Waals surface area contributed by atoms with Crippen molar-refractivity contribution in [2.75, 3.05) is 0 Å².